The first-order chi connectivity index (χ1) is 26.0. The summed E-state index contributed by atoms with van der Waals surface area (Å²) < 4.78 is 14.4. The normalized spacial score (nSPS) is 17.2. The molecular formula is C37H52FN7O11. The Morgan fingerprint density at radius 2 is 1.50 bits per heavy atom. The van der Waals surface area contributed by atoms with Gasteiger partial charge in [0, 0.05) is 31.6 Å². The number of nitro benzene ring substituents is 1. The first kappa shape index (κ1) is 45.2. The van der Waals surface area contributed by atoms with E-state index in [2.05, 4.69) is 26.6 Å². The van der Waals surface area contributed by atoms with E-state index in [1.165, 1.54) is 24.3 Å². The van der Waals surface area contributed by atoms with E-state index in [0.717, 1.165) is 26.0 Å². The van der Waals surface area contributed by atoms with Crippen LogP contribution in [0.15, 0.2) is 36.4 Å². The first-order valence-electron chi connectivity index (χ1n) is 18.1. The molecule has 2 aromatic carbocycles. The molecule has 0 saturated carbocycles. The standard InChI is InChI=1S/C37H52FN7O11/c1-18(2)11-27(42-34(50)28(40-20(5)46)14-21-7-10-30(45(55)56)25(38)13-21)33(49)43-29(16-24-23-15-22(47)8-9-26(23)41-32(24)48)35(51)44-31(12-19(3)4)37(53,54)36(6,52)17-39/h7-10,13,15,18-19,24,27-29,31,47,52-54H,11-12,14,16-17,39H2,1-6H3,(H,40,46)(H,41,48)(H,42,50)(H,43,49)(H,44,51)/t24-,27+,28+,29+,31+,36-/m1/s1. The maximum absolute atomic E-state index is 14.4. The van der Waals surface area contributed by atoms with Gasteiger partial charge in [-0.05, 0) is 73.4 Å². The summed E-state index contributed by atoms with van der Waals surface area (Å²) >= 11 is 0. The molecule has 0 fully saturated rings. The van der Waals surface area contributed by atoms with Crippen LogP contribution >= 0.6 is 0 Å². The third kappa shape index (κ3) is 11.4. The number of nitro groups is 1. The Balaban J connectivity index is 1.99. The van der Waals surface area contributed by atoms with E-state index in [9.17, 15) is 58.9 Å². The molecule has 0 saturated heterocycles. The van der Waals surface area contributed by atoms with Crippen LogP contribution in [-0.4, -0.2) is 97.0 Å². The lowest BCUT2D eigenvalue weighted by Gasteiger charge is -2.42. The minimum absolute atomic E-state index is 0.00276. The summed E-state index contributed by atoms with van der Waals surface area (Å²) in [5.41, 5.74) is 3.32. The topological polar surface area (TPSA) is 296 Å². The van der Waals surface area contributed by atoms with E-state index in [1.54, 1.807) is 27.7 Å². The maximum Gasteiger partial charge on any atom is 0.304 e. The largest absolute Gasteiger partial charge is 0.508 e. The molecule has 1 heterocycles. The Bertz CT molecular complexity index is 1800. The molecule has 1 aliphatic rings. The van der Waals surface area contributed by atoms with Crippen molar-refractivity contribution in [3.63, 3.8) is 0 Å². The number of hydrogen-bond acceptors (Lipinski definition) is 12. The highest BCUT2D eigenvalue weighted by Gasteiger charge is 2.51. The summed E-state index contributed by atoms with van der Waals surface area (Å²) in [7, 11) is 0. The Morgan fingerprint density at radius 1 is 0.911 bits per heavy atom. The monoisotopic (exact) mass is 789 g/mol. The Morgan fingerprint density at radius 3 is 2.05 bits per heavy atom. The number of phenols is 1. The number of rotatable bonds is 19. The van der Waals surface area contributed by atoms with Gasteiger partial charge in [-0.3, -0.25) is 34.1 Å². The lowest BCUT2D eigenvalue weighted by molar-refractivity contribution is -0.387. The van der Waals surface area contributed by atoms with E-state index >= 15 is 0 Å². The van der Waals surface area contributed by atoms with Gasteiger partial charge in [-0.2, -0.15) is 4.39 Å². The molecule has 6 atom stereocenters. The second kappa shape index (κ2) is 18.6. The number of carbonyl (C=O) groups excluding carboxylic acids is 5. The van der Waals surface area contributed by atoms with Crippen LogP contribution in [0.3, 0.4) is 0 Å². The number of halogens is 1. The third-order valence-electron chi connectivity index (χ3n) is 9.47. The van der Waals surface area contributed by atoms with Crippen molar-refractivity contribution in [2.24, 2.45) is 17.6 Å². The second-order valence-corrected chi connectivity index (χ2v) is 15.2. The van der Waals surface area contributed by atoms with Crippen molar-refractivity contribution < 1.29 is 53.7 Å². The number of nitrogens with one attached hydrogen (secondary N) is 5. The Hall–Kier alpha value is -5.24. The molecule has 0 bridgehead atoms. The third-order valence-corrected chi connectivity index (χ3v) is 9.47. The number of nitrogens with two attached hydrogens (primary N) is 1. The summed E-state index contributed by atoms with van der Waals surface area (Å²) in [6.07, 6.45) is -0.811. The first-order valence-corrected chi connectivity index (χ1v) is 18.1. The molecule has 0 aromatic heterocycles. The fraction of sp³-hybridized carbons (Fsp3) is 0.541. The summed E-state index contributed by atoms with van der Waals surface area (Å²) in [5.74, 6) is -9.90. The zero-order valence-electron chi connectivity index (χ0n) is 32.1. The summed E-state index contributed by atoms with van der Waals surface area (Å²) in [4.78, 5) is 77.4. The van der Waals surface area contributed by atoms with Crippen molar-refractivity contribution in [1.29, 1.82) is 0 Å². The highest BCUT2D eigenvalue weighted by Crippen LogP contribution is 2.38. The van der Waals surface area contributed by atoms with Gasteiger partial charge in [-0.25, -0.2) is 0 Å². The highest BCUT2D eigenvalue weighted by molar-refractivity contribution is 6.04. The quantitative estimate of drug-likeness (QED) is 0.0404. The van der Waals surface area contributed by atoms with Crippen LogP contribution in [0.2, 0.25) is 0 Å². The molecule has 11 N–H and O–H groups in total. The molecule has 1 aliphatic heterocycles. The number of hydrogen-bond donors (Lipinski definition) is 10. The summed E-state index contributed by atoms with van der Waals surface area (Å²) in [5, 5.41) is 67.0. The molecule has 308 valence electrons. The Labute approximate surface area is 322 Å². The van der Waals surface area contributed by atoms with Crippen LogP contribution in [0.1, 0.15) is 77.8 Å². The van der Waals surface area contributed by atoms with Gasteiger partial charge < -0.3 is 52.7 Å². The maximum atomic E-state index is 14.4. The Kier molecular flexibility index (Phi) is 15.0. The average molecular weight is 790 g/mol. The number of phenolic OH excluding ortho intramolecular Hbond substituents is 1. The van der Waals surface area contributed by atoms with Gasteiger partial charge in [0.15, 0.2) is 0 Å². The minimum atomic E-state index is -2.97. The van der Waals surface area contributed by atoms with Crippen LogP contribution in [0.4, 0.5) is 15.8 Å². The minimum Gasteiger partial charge on any atom is -0.508 e. The van der Waals surface area contributed by atoms with E-state index in [0.29, 0.717) is 11.3 Å². The molecule has 0 radical (unpaired) electrons. The number of anilines is 1. The van der Waals surface area contributed by atoms with Crippen molar-refractivity contribution in [2.45, 2.75) is 109 Å². The van der Waals surface area contributed by atoms with Crippen molar-refractivity contribution in [2.75, 3.05) is 11.9 Å². The van der Waals surface area contributed by atoms with Crippen molar-refractivity contribution in [1.82, 2.24) is 21.3 Å². The van der Waals surface area contributed by atoms with Gasteiger partial charge in [0.25, 0.3) is 0 Å². The van der Waals surface area contributed by atoms with E-state index in [1.807, 2.05) is 0 Å². The predicted molar refractivity (Wildman–Crippen MR) is 200 cm³/mol. The van der Waals surface area contributed by atoms with Gasteiger partial charge >= 0.3 is 5.69 Å². The molecule has 0 spiro atoms. The summed E-state index contributed by atoms with van der Waals surface area (Å²) in [6.45, 7) is 8.53. The van der Waals surface area contributed by atoms with Crippen molar-refractivity contribution >= 4 is 40.9 Å². The summed E-state index contributed by atoms with van der Waals surface area (Å²) in [6, 6.07) is 1.23. The second-order valence-electron chi connectivity index (χ2n) is 15.2. The van der Waals surface area contributed by atoms with E-state index < -0.39 is 100 Å². The van der Waals surface area contributed by atoms with E-state index in [-0.39, 0.29) is 42.4 Å². The van der Waals surface area contributed by atoms with Crippen LogP contribution in [0, 0.1) is 27.8 Å². The van der Waals surface area contributed by atoms with Crippen molar-refractivity contribution in [3.05, 3.63) is 63.5 Å². The zero-order valence-corrected chi connectivity index (χ0v) is 32.1. The number of fused-ring (bicyclic) bond motifs is 1. The SMILES string of the molecule is CC(=O)N[C@@H](Cc1ccc([N+](=O)[O-])c(F)c1)C(=O)N[C@@H](CC(C)C)C(=O)N[C@@H](C[C@H]1C(=O)Nc2ccc(O)cc21)C(=O)N[C@@H](CC(C)C)C(O)(O)[C@](C)(O)CN. The molecular weight excluding hydrogens is 737 g/mol. The van der Waals surface area contributed by atoms with Crippen LogP contribution in [0.25, 0.3) is 0 Å². The lowest BCUT2D eigenvalue weighted by atomic mass is 9.84. The molecule has 0 unspecified atom stereocenters. The molecule has 19 heteroatoms. The number of carbonyl (C=O) groups is 5. The number of benzene rings is 2. The number of aromatic hydroxyl groups is 1. The van der Waals surface area contributed by atoms with E-state index in [4.69, 9.17) is 5.73 Å². The molecule has 18 nitrogen and oxygen atoms in total. The van der Waals surface area contributed by atoms with Gasteiger partial charge in [0.1, 0.15) is 29.5 Å². The highest BCUT2D eigenvalue weighted by atomic mass is 19.1. The smallest absolute Gasteiger partial charge is 0.304 e. The molecule has 0 aliphatic carbocycles. The fourth-order valence-electron chi connectivity index (χ4n) is 6.37. The predicted octanol–water partition coefficient (Wildman–Crippen LogP) is 0.550. The van der Waals surface area contributed by atoms with Crippen LogP contribution in [0.5, 0.6) is 5.75 Å². The van der Waals surface area contributed by atoms with Gasteiger partial charge in [0.2, 0.25) is 41.1 Å². The van der Waals surface area contributed by atoms with Crippen molar-refractivity contribution in [3.8, 4) is 5.75 Å². The average Bonchev–Trinajstić information content (AvgIpc) is 3.39. The van der Waals surface area contributed by atoms with Crippen LogP contribution in [-0.2, 0) is 30.4 Å². The number of nitrogens with zero attached hydrogens (tertiary/aromatic N) is 1. The number of amides is 5. The molecule has 2 aromatic rings. The van der Waals surface area contributed by atoms with Crippen LogP contribution < -0.4 is 32.3 Å². The number of aliphatic hydroxyl groups is 3. The van der Waals surface area contributed by atoms with Gasteiger partial charge in [-0.15, -0.1) is 0 Å². The molecule has 56 heavy (non-hydrogen) atoms. The molecule has 5 amide bonds. The lowest BCUT2D eigenvalue weighted by Crippen LogP contribution is -2.68. The van der Waals surface area contributed by atoms with Gasteiger partial charge in [-0.1, -0.05) is 33.8 Å². The molecule has 3 rings (SSSR count). The zero-order chi connectivity index (χ0) is 42.3. The fourth-order valence-corrected chi connectivity index (χ4v) is 6.37. The van der Waals surface area contributed by atoms with Gasteiger partial charge in [0.05, 0.1) is 16.9 Å².